The molecule has 100 valence electrons. The number of nitrogens with one attached hydrogen (secondary N) is 1. The summed E-state index contributed by atoms with van der Waals surface area (Å²) in [5.41, 5.74) is 1.15. The third kappa shape index (κ3) is 5.02. The highest BCUT2D eigenvalue weighted by Crippen LogP contribution is 2.10. The van der Waals surface area contributed by atoms with Gasteiger partial charge in [0, 0.05) is 17.8 Å². The van der Waals surface area contributed by atoms with Crippen LogP contribution in [-0.2, 0) is 0 Å². The van der Waals surface area contributed by atoms with E-state index in [0.717, 1.165) is 0 Å². The van der Waals surface area contributed by atoms with Gasteiger partial charge in [-0.1, -0.05) is 25.4 Å². The fourth-order valence-corrected chi connectivity index (χ4v) is 1.95. The van der Waals surface area contributed by atoms with Gasteiger partial charge in [0.1, 0.15) is 5.15 Å². The maximum atomic E-state index is 11.8. The largest absolute Gasteiger partial charge is 0.391 e. The van der Waals surface area contributed by atoms with Crippen LogP contribution in [0.25, 0.3) is 0 Å². The topological polar surface area (TPSA) is 62.2 Å². The van der Waals surface area contributed by atoms with E-state index in [-0.39, 0.29) is 12.5 Å². The van der Waals surface area contributed by atoms with E-state index in [4.69, 9.17) is 11.6 Å². The highest BCUT2D eigenvalue weighted by molar-refractivity contribution is 6.29. The number of pyridine rings is 1. The second-order valence-electron chi connectivity index (χ2n) is 4.81. The van der Waals surface area contributed by atoms with Crippen LogP contribution in [0.4, 0.5) is 0 Å². The van der Waals surface area contributed by atoms with E-state index < -0.39 is 6.10 Å². The van der Waals surface area contributed by atoms with Crippen molar-refractivity contribution in [2.45, 2.75) is 33.3 Å². The lowest BCUT2D eigenvalue weighted by molar-refractivity contribution is 0.0900. The van der Waals surface area contributed by atoms with Crippen LogP contribution in [0.2, 0.25) is 5.15 Å². The predicted molar refractivity (Wildman–Crippen MR) is 71.8 cm³/mol. The molecule has 2 N–H and O–H groups in total. The number of aryl methyl sites for hydroxylation is 1. The van der Waals surface area contributed by atoms with Gasteiger partial charge in [-0.2, -0.15) is 0 Å². The van der Waals surface area contributed by atoms with Gasteiger partial charge in [-0.15, -0.1) is 0 Å². The van der Waals surface area contributed by atoms with Crippen molar-refractivity contribution in [3.05, 3.63) is 28.5 Å². The van der Waals surface area contributed by atoms with Gasteiger partial charge in [-0.05, 0) is 31.4 Å². The molecule has 0 saturated carbocycles. The second kappa shape index (κ2) is 6.71. The third-order valence-electron chi connectivity index (χ3n) is 2.43. The number of amides is 1. The Bertz CT molecular complexity index is 401. The summed E-state index contributed by atoms with van der Waals surface area (Å²) in [6, 6.07) is 3.18. The van der Waals surface area contributed by atoms with E-state index in [9.17, 15) is 9.90 Å². The number of nitrogens with zero attached hydrogens (tertiary/aromatic N) is 1. The fraction of sp³-hybridized carbons (Fsp3) is 0.538. The van der Waals surface area contributed by atoms with E-state index in [1.54, 1.807) is 13.0 Å². The number of halogens is 1. The summed E-state index contributed by atoms with van der Waals surface area (Å²) in [5.74, 6) is 0.153. The Kier molecular flexibility index (Phi) is 5.56. The molecule has 0 aliphatic heterocycles. The van der Waals surface area contributed by atoms with Crippen LogP contribution in [0, 0.1) is 12.8 Å². The minimum Gasteiger partial charge on any atom is -0.391 e. The molecule has 1 atom stereocenters. The summed E-state index contributed by atoms with van der Waals surface area (Å²) in [5, 5.41) is 12.6. The molecule has 0 radical (unpaired) electrons. The Morgan fingerprint density at radius 3 is 2.72 bits per heavy atom. The number of aliphatic hydroxyl groups excluding tert-OH is 1. The molecule has 5 heteroatoms. The van der Waals surface area contributed by atoms with Crippen LogP contribution in [0.3, 0.4) is 0 Å². The molecule has 4 nitrogen and oxygen atoms in total. The van der Waals surface area contributed by atoms with Gasteiger partial charge >= 0.3 is 0 Å². The van der Waals surface area contributed by atoms with Crippen molar-refractivity contribution in [3.63, 3.8) is 0 Å². The molecule has 1 amide bonds. The fourth-order valence-electron chi connectivity index (χ4n) is 1.70. The second-order valence-corrected chi connectivity index (χ2v) is 5.20. The normalized spacial score (nSPS) is 12.6. The van der Waals surface area contributed by atoms with Crippen LogP contribution in [-0.4, -0.2) is 28.6 Å². The summed E-state index contributed by atoms with van der Waals surface area (Å²) >= 11 is 5.79. The number of hydrogen-bond donors (Lipinski definition) is 2. The maximum Gasteiger partial charge on any atom is 0.251 e. The first-order valence-electron chi connectivity index (χ1n) is 5.99. The molecule has 1 rings (SSSR count). The zero-order chi connectivity index (χ0) is 13.7. The van der Waals surface area contributed by atoms with Gasteiger partial charge in [-0.25, -0.2) is 4.98 Å². The highest BCUT2D eigenvalue weighted by atomic mass is 35.5. The molecule has 1 heterocycles. The van der Waals surface area contributed by atoms with Crippen LogP contribution in [0.5, 0.6) is 0 Å². The van der Waals surface area contributed by atoms with Gasteiger partial charge in [0.15, 0.2) is 0 Å². The monoisotopic (exact) mass is 270 g/mol. The molecular weight excluding hydrogens is 252 g/mol. The van der Waals surface area contributed by atoms with Crippen molar-refractivity contribution in [2.75, 3.05) is 6.54 Å². The number of carbonyl (C=O) groups excluding carboxylic acids is 1. The quantitative estimate of drug-likeness (QED) is 0.806. The lowest BCUT2D eigenvalue weighted by atomic mass is 10.1. The minimum absolute atomic E-state index is 0.245. The van der Waals surface area contributed by atoms with Gasteiger partial charge in [0.2, 0.25) is 0 Å². The number of hydrogen-bond acceptors (Lipinski definition) is 3. The van der Waals surface area contributed by atoms with E-state index in [0.29, 0.717) is 28.7 Å². The van der Waals surface area contributed by atoms with Crippen LogP contribution < -0.4 is 5.32 Å². The molecule has 1 aromatic rings. The Hall–Kier alpha value is -1.13. The molecule has 0 spiro atoms. The molecule has 1 unspecified atom stereocenters. The smallest absolute Gasteiger partial charge is 0.251 e. The lowest BCUT2D eigenvalue weighted by Gasteiger charge is -2.14. The summed E-state index contributed by atoms with van der Waals surface area (Å²) in [4.78, 5) is 15.8. The zero-order valence-electron chi connectivity index (χ0n) is 10.9. The molecule has 0 bridgehead atoms. The van der Waals surface area contributed by atoms with Gasteiger partial charge in [0.25, 0.3) is 5.91 Å². The van der Waals surface area contributed by atoms with E-state index in [2.05, 4.69) is 10.3 Å². The molecule has 0 aliphatic carbocycles. The van der Waals surface area contributed by atoms with Crippen LogP contribution in [0.1, 0.15) is 36.3 Å². The van der Waals surface area contributed by atoms with E-state index >= 15 is 0 Å². The molecule has 0 aromatic carbocycles. The average molecular weight is 271 g/mol. The Morgan fingerprint density at radius 1 is 1.50 bits per heavy atom. The molecule has 0 saturated heterocycles. The van der Waals surface area contributed by atoms with Gasteiger partial charge in [-0.3, -0.25) is 4.79 Å². The van der Waals surface area contributed by atoms with Crippen LogP contribution >= 0.6 is 11.6 Å². The number of carbonyl (C=O) groups is 1. The first-order valence-corrected chi connectivity index (χ1v) is 6.36. The summed E-state index contributed by atoms with van der Waals surface area (Å²) in [7, 11) is 0. The Balaban J connectivity index is 2.55. The number of aliphatic hydroxyl groups is 1. The summed E-state index contributed by atoms with van der Waals surface area (Å²) in [6.07, 6.45) is 0.142. The molecule has 18 heavy (non-hydrogen) atoms. The van der Waals surface area contributed by atoms with Crippen molar-refractivity contribution in [1.82, 2.24) is 10.3 Å². The van der Waals surface area contributed by atoms with Gasteiger partial charge < -0.3 is 10.4 Å². The lowest BCUT2D eigenvalue weighted by Crippen LogP contribution is -2.32. The first-order chi connectivity index (χ1) is 8.38. The molecule has 0 aliphatic rings. The summed E-state index contributed by atoms with van der Waals surface area (Å²) in [6.45, 7) is 6.07. The zero-order valence-corrected chi connectivity index (χ0v) is 11.7. The van der Waals surface area contributed by atoms with Crippen LogP contribution in [0.15, 0.2) is 12.1 Å². The van der Waals surface area contributed by atoms with E-state index in [1.165, 1.54) is 6.07 Å². The van der Waals surface area contributed by atoms with E-state index in [1.807, 2.05) is 13.8 Å². The van der Waals surface area contributed by atoms with Crippen molar-refractivity contribution in [2.24, 2.45) is 5.92 Å². The van der Waals surface area contributed by atoms with Gasteiger partial charge in [0.05, 0.1) is 6.10 Å². The average Bonchev–Trinajstić information content (AvgIpc) is 2.23. The SMILES string of the molecule is Cc1cc(C(=O)NCC(O)CC(C)C)cc(Cl)n1. The molecule has 1 aromatic heterocycles. The summed E-state index contributed by atoms with van der Waals surface area (Å²) < 4.78 is 0. The van der Waals surface area contributed by atoms with Crippen molar-refractivity contribution in [3.8, 4) is 0 Å². The predicted octanol–water partition coefficient (Wildman–Crippen LogP) is 2.18. The number of aromatic nitrogens is 1. The Morgan fingerprint density at radius 2 is 2.17 bits per heavy atom. The highest BCUT2D eigenvalue weighted by Gasteiger charge is 2.11. The minimum atomic E-state index is -0.521. The van der Waals surface area contributed by atoms with Crippen molar-refractivity contribution in [1.29, 1.82) is 0 Å². The molecular formula is C13H19ClN2O2. The van der Waals surface area contributed by atoms with Crippen molar-refractivity contribution >= 4 is 17.5 Å². The Labute approximate surface area is 112 Å². The number of rotatable bonds is 5. The first kappa shape index (κ1) is 14.9. The molecule has 0 fully saturated rings. The third-order valence-corrected chi connectivity index (χ3v) is 2.62. The van der Waals surface area contributed by atoms with Crippen molar-refractivity contribution < 1.29 is 9.90 Å². The maximum absolute atomic E-state index is 11.8. The standard InChI is InChI=1S/C13H19ClN2O2/c1-8(2)4-11(17)7-15-13(18)10-5-9(3)16-12(14)6-10/h5-6,8,11,17H,4,7H2,1-3H3,(H,15,18).